The van der Waals surface area contributed by atoms with Crippen molar-refractivity contribution in [2.45, 2.75) is 51.6 Å². The molecule has 1 N–H and O–H groups in total. The zero-order valence-corrected chi connectivity index (χ0v) is 13.6. The summed E-state index contributed by atoms with van der Waals surface area (Å²) in [5.74, 6) is 0.981. The summed E-state index contributed by atoms with van der Waals surface area (Å²) >= 11 is 0. The zero-order chi connectivity index (χ0) is 14.9. The van der Waals surface area contributed by atoms with Gasteiger partial charge in [-0.15, -0.1) is 0 Å². The SMILES string of the molecule is CCC1CCN(CCCOc2ccccc2)CCC(C)N1. The molecule has 3 heteroatoms. The highest BCUT2D eigenvalue weighted by atomic mass is 16.5. The Kier molecular flexibility index (Phi) is 7.04. The lowest BCUT2D eigenvalue weighted by molar-refractivity contribution is 0.195. The highest BCUT2D eigenvalue weighted by Crippen LogP contribution is 2.11. The Bertz CT molecular complexity index is 382. The van der Waals surface area contributed by atoms with Gasteiger partial charge in [0.25, 0.3) is 0 Å². The molecule has 1 aliphatic heterocycles. The lowest BCUT2D eigenvalue weighted by Gasteiger charge is -2.32. The maximum atomic E-state index is 5.78. The van der Waals surface area contributed by atoms with Gasteiger partial charge in [-0.1, -0.05) is 25.1 Å². The maximum absolute atomic E-state index is 5.78. The van der Waals surface area contributed by atoms with Crippen molar-refractivity contribution in [1.82, 2.24) is 10.2 Å². The molecule has 0 aliphatic carbocycles. The fourth-order valence-corrected chi connectivity index (χ4v) is 2.94. The van der Waals surface area contributed by atoms with Crippen LogP contribution in [0, 0.1) is 0 Å². The predicted octanol–water partition coefficient (Wildman–Crippen LogP) is 3.31. The van der Waals surface area contributed by atoms with Crippen molar-refractivity contribution < 1.29 is 4.74 Å². The summed E-state index contributed by atoms with van der Waals surface area (Å²) in [5, 5.41) is 3.73. The van der Waals surface area contributed by atoms with Gasteiger partial charge < -0.3 is 15.0 Å². The lowest BCUT2D eigenvalue weighted by atomic mass is 10.1. The molecule has 21 heavy (non-hydrogen) atoms. The van der Waals surface area contributed by atoms with Gasteiger partial charge >= 0.3 is 0 Å². The molecule has 1 aromatic carbocycles. The second kappa shape index (κ2) is 9.06. The minimum absolute atomic E-state index is 0.637. The molecule has 2 unspecified atom stereocenters. The molecule has 3 nitrogen and oxygen atoms in total. The first-order chi connectivity index (χ1) is 10.3. The molecule has 0 aromatic heterocycles. The van der Waals surface area contributed by atoms with Crippen molar-refractivity contribution >= 4 is 0 Å². The van der Waals surface area contributed by atoms with Gasteiger partial charge in [-0.05, 0) is 57.8 Å². The summed E-state index contributed by atoms with van der Waals surface area (Å²) in [5.41, 5.74) is 0. The number of nitrogens with one attached hydrogen (secondary N) is 1. The lowest BCUT2D eigenvalue weighted by Crippen LogP contribution is -2.44. The molecule has 1 saturated heterocycles. The number of hydrogen-bond donors (Lipinski definition) is 1. The van der Waals surface area contributed by atoms with Crippen LogP contribution in [0.1, 0.15) is 39.5 Å². The van der Waals surface area contributed by atoms with E-state index in [0.29, 0.717) is 12.1 Å². The summed E-state index contributed by atoms with van der Waals surface area (Å²) in [6.45, 7) is 8.97. The second-order valence-corrected chi connectivity index (χ2v) is 6.11. The smallest absolute Gasteiger partial charge is 0.119 e. The van der Waals surface area contributed by atoms with Crippen LogP contribution in [-0.4, -0.2) is 43.2 Å². The molecular formula is C18H30N2O. The number of rotatable bonds is 6. The van der Waals surface area contributed by atoms with Gasteiger partial charge in [0.2, 0.25) is 0 Å². The van der Waals surface area contributed by atoms with Crippen LogP contribution in [0.3, 0.4) is 0 Å². The highest BCUT2D eigenvalue weighted by molar-refractivity contribution is 5.20. The number of hydrogen-bond acceptors (Lipinski definition) is 3. The molecule has 1 fully saturated rings. The van der Waals surface area contributed by atoms with Gasteiger partial charge in [0, 0.05) is 18.6 Å². The topological polar surface area (TPSA) is 24.5 Å². The monoisotopic (exact) mass is 290 g/mol. The van der Waals surface area contributed by atoms with Crippen LogP contribution in [0.5, 0.6) is 5.75 Å². The molecule has 2 rings (SSSR count). The molecule has 118 valence electrons. The molecule has 1 aromatic rings. The van der Waals surface area contributed by atoms with E-state index in [1.807, 2.05) is 30.3 Å². The largest absolute Gasteiger partial charge is 0.494 e. The van der Waals surface area contributed by atoms with Crippen LogP contribution in [0.2, 0.25) is 0 Å². The fraction of sp³-hybridized carbons (Fsp3) is 0.667. The van der Waals surface area contributed by atoms with E-state index in [1.165, 1.54) is 32.4 Å². The summed E-state index contributed by atoms with van der Waals surface area (Å²) in [6.07, 6.45) is 4.85. The standard InChI is InChI=1S/C18H30N2O/c1-3-17-11-14-20(13-10-16(2)19-17)12-7-15-21-18-8-5-4-6-9-18/h4-6,8-9,16-17,19H,3,7,10-15H2,1-2H3. The van der Waals surface area contributed by atoms with Crippen LogP contribution in [0.4, 0.5) is 0 Å². The van der Waals surface area contributed by atoms with Crippen molar-refractivity contribution in [3.63, 3.8) is 0 Å². The van der Waals surface area contributed by atoms with Crippen molar-refractivity contribution in [2.75, 3.05) is 26.2 Å². The van der Waals surface area contributed by atoms with E-state index in [9.17, 15) is 0 Å². The van der Waals surface area contributed by atoms with E-state index in [2.05, 4.69) is 24.1 Å². The van der Waals surface area contributed by atoms with Crippen molar-refractivity contribution in [3.8, 4) is 5.75 Å². The minimum atomic E-state index is 0.637. The Morgan fingerprint density at radius 1 is 1.19 bits per heavy atom. The first-order valence-electron chi connectivity index (χ1n) is 8.44. The summed E-state index contributed by atoms with van der Waals surface area (Å²) in [7, 11) is 0. The van der Waals surface area contributed by atoms with Crippen molar-refractivity contribution in [2.24, 2.45) is 0 Å². The van der Waals surface area contributed by atoms with Gasteiger partial charge in [0.1, 0.15) is 5.75 Å². The Labute approximate surface area is 129 Å². The van der Waals surface area contributed by atoms with Crippen LogP contribution in [-0.2, 0) is 0 Å². The van der Waals surface area contributed by atoms with Crippen LogP contribution in [0.15, 0.2) is 30.3 Å². The highest BCUT2D eigenvalue weighted by Gasteiger charge is 2.17. The first kappa shape index (κ1) is 16.3. The molecule has 0 radical (unpaired) electrons. The van der Waals surface area contributed by atoms with Gasteiger partial charge in [-0.3, -0.25) is 0 Å². The molecule has 0 spiro atoms. The second-order valence-electron chi connectivity index (χ2n) is 6.11. The molecule has 0 saturated carbocycles. The first-order valence-corrected chi connectivity index (χ1v) is 8.44. The third-order valence-corrected chi connectivity index (χ3v) is 4.32. The average molecular weight is 290 g/mol. The Morgan fingerprint density at radius 2 is 1.95 bits per heavy atom. The van der Waals surface area contributed by atoms with Crippen LogP contribution < -0.4 is 10.1 Å². The van der Waals surface area contributed by atoms with E-state index in [0.717, 1.165) is 25.3 Å². The van der Waals surface area contributed by atoms with E-state index in [4.69, 9.17) is 4.74 Å². The summed E-state index contributed by atoms with van der Waals surface area (Å²) in [4.78, 5) is 2.61. The molecular weight excluding hydrogens is 260 g/mol. The number of benzene rings is 1. The van der Waals surface area contributed by atoms with Gasteiger partial charge in [-0.25, -0.2) is 0 Å². The summed E-state index contributed by atoms with van der Waals surface area (Å²) in [6, 6.07) is 11.4. The molecule has 0 bridgehead atoms. The number of para-hydroxylation sites is 1. The van der Waals surface area contributed by atoms with Gasteiger partial charge in [-0.2, -0.15) is 0 Å². The van der Waals surface area contributed by atoms with E-state index < -0.39 is 0 Å². The third-order valence-electron chi connectivity index (χ3n) is 4.32. The Morgan fingerprint density at radius 3 is 2.71 bits per heavy atom. The summed E-state index contributed by atoms with van der Waals surface area (Å²) < 4.78 is 5.78. The predicted molar refractivity (Wildman–Crippen MR) is 88.9 cm³/mol. The Hall–Kier alpha value is -1.06. The van der Waals surface area contributed by atoms with Crippen molar-refractivity contribution in [1.29, 1.82) is 0 Å². The number of ether oxygens (including phenoxy) is 1. The Balaban J connectivity index is 1.67. The fourth-order valence-electron chi connectivity index (χ4n) is 2.94. The average Bonchev–Trinajstić information content (AvgIpc) is 2.50. The van der Waals surface area contributed by atoms with Crippen LogP contribution in [0.25, 0.3) is 0 Å². The molecule has 1 aliphatic rings. The van der Waals surface area contributed by atoms with E-state index in [1.54, 1.807) is 0 Å². The molecule has 2 atom stereocenters. The van der Waals surface area contributed by atoms with E-state index in [-0.39, 0.29) is 0 Å². The normalized spacial score (nSPS) is 24.3. The third kappa shape index (κ3) is 6.06. The molecule has 0 amide bonds. The zero-order valence-electron chi connectivity index (χ0n) is 13.6. The van der Waals surface area contributed by atoms with Crippen LogP contribution >= 0.6 is 0 Å². The molecule has 1 heterocycles. The number of nitrogens with zero attached hydrogens (tertiary/aromatic N) is 1. The van der Waals surface area contributed by atoms with E-state index >= 15 is 0 Å². The van der Waals surface area contributed by atoms with Crippen molar-refractivity contribution in [3.05, 3.63) is 30.3 Å². The van der Waals surface area contributed by atoms with Gasteiger partial charge in [0.15, 0.2) is 0 Å². The quantitative estimate of drug-likeness (QED) is 0.814. The maximum Gasteiger partial charge on any atom is 0.119 e. The van der Waals surface area contributed by atoms with Gasteiger partial charge in [0.05, 0.1) is 6.61 Å². The minimum Gasteiger partial charge on any atom is -0.494 e.